The summed E-state index contributed by atoms with van der Waals surface area (Å²) >= 11 is 0. The second-order valence-electron chi connectivity index (χ2n) is 2.52. The van der Waals surface area contributed by atoms with Crippen LogP contribution in [0.2, 0.25) is 0 Å². The van der Waals surface area contributed by atoms with Gasteiger partial charge in [0, 0.05) is 5.56 Å². The van der Waals surface area contributed by atoms with Crippen molar-refractivity contribution in [2.75, 3.05) is 0 Å². The van der Waals surface area contributed by atoms with E-state index in [-0.39, 0.29) is 41.6 Å². The average Bonchev–Trinajstić information content (AvgIpc) is 2.38. The first-order chi connectivity index (χ1) is 5.52. The maximum absolute atomic E-state index is 11.1. The molecule has 13 heavy (non-hydrogen) atoms. The van der Waals surface area contributed by atoms with Crippen LogP contribution in [0.1, 0.15) is 17.3 Å². The van der Waals surface area contributed by atoms with Gasteiger partial charge in [-0.1, -0.05) is 0 Å². The average molecular weight is 211 g/mol. The monoisotopic (exact) mass is 211 g/mol. The normalized spacial score (nSPS) is 17.5. The van der Waals surface area contributed by atoms with Crippen LogP contribution in [0.3, 0.4) is 0 Å². The zero-order chi connectivity index (χ0) is 8.93. The van der Waals surface area contributed by atoms with Gasteiger partial charge >= 0.3 is 29.6 Å². The standard InChI is InChI=1S/C6H5NO4S.Na.H/c1-3-2-11-6-4(3)5(8)7-12(6,9)10;;/h2H,1H3,(H,7,8);;/q;+1;-1. The second kappa shape index (κ2) is 3.13. The van der Waals surface area contributed by atoms with Gasteiger partial charge in [-0.25, -0.2) is 4.72 Å². The molecule has 1 N–H and O–H groups in total. The first-order valence-corrected chi connectivity index (χ1v) is 4.66. The van der Waals surface area contributed by atoms with E-state index in [1.807, 2.05) is 4.72 Å². The first kappa shape index (κ1) is 10.8. The molecule has 0 saturated carbocycles. The van der Waals surface area contributed by atoms with Crippen LogP contribution in [-0.4, -0.2) is 14.3 Å². The molecule has 2 rings (SSSR count). The molecule has 2 heterocycles. The number of fused-ring (bicyclic) bond motifs is 1. The van der Waals surface area contributed by atoms with Gasteiger partial charge in [0.2, 0.25) is 0 Å². The molecule has 1 aliphatic heterocycles. The Bertz CT molecular complexity index is 466. The largest absolute Gasteiger partial charge is 1.00 e. The molecule has 5 nitrogen and oxygen atoms in total. The summed E-state index contributed by atoms with van der Waals surface area (Å²) in [6, 6.07) is 0. The molecule has 0 saturated heterocycles. The number of carbonyl (C=O) groups is 1. The van der Waals surface area contributed by atoms with E-state index in [2.05, 4.69) is 0 Å². The fraction of sp³-hybridized carbons (Fsp3) is 0.167. The first-order valence-electron chi connectivity index (χ1n) is 3.17. The van der Waals surface area contributed by atoms with Crippen LogP contribution in [0.5, 0.6) is 0 Å². The Hall–Kier alpha value is -0.300. The van der Waals surface area contributed by atoms with Crippen LogP contribution in [0.4, 0.5) is 0 Å². The Kier molecular flexibility index (Phi) is 2.59. The summed E-state index contributed by atoms with van der Waals surface area (Å²) in [5.74, 6) is -0.615. The number of hydrogen-bond donors (Lipinski definition) is 1. The van der Waals surface area contributed by atoms with Gasteiger partial charge in [0.25, 0.3) is 21.0 Å². The van der Waals surface area contributed by atoms with Gasteiger partial charge in [0.15, 0.2) is 0 Å². The van der Waals surface area contributed by atoms with E-state index in [9.17, 15) is 13.2 Å². The molecule has 66 valence electrons. The maximum atomic E-state index is 11.1. The van der Waals surface area contributed by atoms with E-state index in [0.717, 1.165) is 0 Å². The minimum atomic E-state index is -3.70. The number of hydrogen-bond acceptors (Lipinski definition) is 4. The summed E-state index contributed by atoms with van der Waals surface area (Å²) in [7, 11) is -3.70. The molecule has 1 amide bonds. The summed E-state index contributed by atoms with van der Waals surface area (Å²) in [6.45, 7) is 1.61. The van der Waals surface area contributed by atoms with Gasteiger partial charge in [-0.05, 0) is 6.92 Å². The fourth-order valence-electron chi connectivity index (χ4n) is 1.11. The second-order valence-corrected chi connectivity index (χ2v) is 4.10. The van der Waals surface area contributed by atoms with E-state index < -0.39 is 15.9 Å². The third-order valence-corrected chi connectivity index (χ3v) is 2.88. The number of aryl methyl sites for hydroxylation is 1. The van der Waals surface area contributed by atoms with Crippen molar-refractivity contribution in [1.82, 2.24) is 4.72 Å². The van der Waals surface area contributed by atoms with Gasteiger partial charge in [-0.3, -0.25) is 4.79 Å². The number of rotatable bonds is 0. The Morgan fingerprint density at radius 3 is 2.69 bits per heavy atom. The molecule has 0 bridgehead atoms. The van der Waals surface area contributed by atoms with E-state index in [1.165, 1.54) is 6.26 Å². The molecule has 1 aliphatic rings. The van der Waals surface area contributed by atoms with Crippen LogP contribution < -0.4 is 34.3 Å². The molecule has 1 aromatic rings. The van der Waals surface area contributed by atoms with Gasteiger partial charge in [0.1, 0.15) is 5.56 Å². The quantitative estimate of drug-likeness (QED) is 0.468. The molecule has 0 fully saturated rings. The third kappa shape index (κ3) is 1.43. The Balaban J connectivity index is 0.000000845. The van der Waals surface area contributed by atoms with Gasteiger partial charge in [0.05, 0.1) is 6.26 Å². The van der Waals surface area contributed by atoms with E-state index >= 15 is 0 Å². The van der Waals surface area contributed by atoms with Gasteiger partial charge in [-0.2, -0.15) is 8.42 Å². The predicted molar refractivity (Wildman–Crippen MR) is 39.2 cm³/mol. The summed E-state index contributed by atoms with van der Waals surface area (Å²) in [6.07, 6.45) is 1.25. The molecular formula is C6H6NNaO4S. The van der Waals surface area contributed by atoms with Crippen molar-refractivity contribution in [2.45, 2.75) is 12.0 Å². The molecular weight excluding hydrogens is 205 g/mol. The molecule has 0 unspecified atom stereocenters. The minimum Gasteiger partial charge on any atom is -1.00 e. The van der Waals surface area contributed by atoms with Crippen LogP contribution in [0.15, 0.2) is 15.8 Å². The smallest absolute Gasteiger partial charge is 1.00 e. The SMILES string of the molecule is Cc1coc2c1C(=O)NS2(=O)=O.[H-].[Na+]. The van der Waals surface area contributed by atoms with Crippen LogP contribution in [0, 0.1) is 6.92 Å². The molecule has 0 aromatic carbocycles. The van der Waals surface area contributed by atoms with E-state index in [1.54, 1.807) is 6.92 Å². The Morgan fingerprint density at radius 1 is 1.54 bits per heavy atom. The van der Waals surface area contributed by atoms with Crippen molar-refractivity contribution in [3.05, 3.63) is 17.4 Å². The summed E-state index contributed by atoms with van der Waals surface area (Å²) in [5, 5.41) is -0.273. The van der Waals surface area contributed by atoms with Crippen molar-refractivity contribution in [3.63, 3.8) is 0 Å². The zero-order valence-electron chi connectivity index (χ0n) is 8.12. The molecule has 0 aliphatic carbocycles. The van der Waals surface area contributed by atoms with E-state index in [0.29, 0.717) is 5.56 Å². The molecule has 1 aromatic heterocycles. The van der Waals surface area contributed by atoms with Crippen molar-refractivity contribution in [2.24, 2.45) is 0 Å². The summed E-state index contributed by atoms with van der Waals surface area (Å²) in [4.78, 5) is 11.0. The van der Waals surface area contributed by atoms with Crippen molar-refractivity contribution in [1.29, 1.82) is 0 Å². The number of amides is 1. The van der Waals surface area contributed by atoms with Crippen LogP contribution in [0.25, 0.3) is 0 Å². The Morgan fingerprint density at radius 2 is 2.15 bits per heavy atom. The van der Waals surface area contributed by atoms with Crippen molar-refractivity contribution < 1.29 is 48.6 Å². The number of nitrogens with one attached hydrogen (secondary N) is 1. The summed E-state index contributed by atoms with van der Waals surface area (Å²) < 4.78 is 28.6. The third-order valence-electron chi connectivity index (χ3n) is 1.64. The minimum absolute atomic E-state index is 0. The van der Waals surface area contributed by atoms with Crippen LogP contribution in [-0.2, 0) is 10.0 Å². The van der Waals surface area contributed by atoms with Crippen molar-refractivity contribution >= 4 is 15.9 Å². The number of carbonyl (C=O) groups excluding carboxylic acids is 1. The number of sulfonamides is 1. The fourth-order valence-corrected chi connectivity index (χ4v) is 2.25. The predicted octanol–water partition coefficient (Wildman–Crippen LogP) is -2.86. The zero-order valence-corrected chi connectivity index (χ0v) is 9.94. The number of furan rings is 1. The van der Waals surface area contributed by atoms with Gasteiger partial charge in [-0.15, -0.1) is 0 Å². The van der Waals surface area contributed by atoms with Crippen LogP contribution >= 0.6 is 0 Å². The summed E-state index contributed by atoms with van der Waals surface area (Å²) in [5.41, 5.74) is 0.651. The molecule has 0 radical (unpaired) electrons. The topological polar surface area (TPSA) is 76.4 Å². The van der Waals surface area contributed by atoms with E-state index in [4.69, 9.17) is 4.42 Å². The molecule has 0 atom stereocenters. The molecule has 0 spiro atoms. The van der Waals surface area contributed by atoms with Crippen molar-refractivity contribution in [3.8, 4) is 0 Å². The maximum Gasteiger partial charge on any atom is 1.00 e. The molecule has 7 heteroatoms. The van der Waals surface area contributed by atoms with Gasteiger partial charge < -0.3 is 5.84 Å². The Labute approximate surface area is 98.3 Å².